The lowest BCUT2D eigenvalue weighted by atomic mass is 9.90. The van der Waals surface area contributed by atoms with Gasteiger partial charge in [0.1, 0.15) is 0 Å². The Labute approximate surface area is 112 Å². The van der Waals surface area contributed by atoms with E-state index < -0.39 is 0 Å². The predicted molar refractivity (Wildman–Crippen MR) is 75.0 cm³/mol. The van der Waals surface area contributed by atoms with Crippen LogP contribution in [0.5, 0.6) is 0 Å². The van der Waals surface area contributed by atoms with Crippen molar-refractivity contribution in [3.8, 4) is 0 Å². The minimum atomic E-state index is 0.703. The highest BCUT2D eigenvalue weighted by atomic mass is 16.5. The Kier molecular flexibility index (Phi) is 8.59. The highest BCUT2D eigenvalue weighted by Gasteiger charge is 2.26. The van der Waals surface area contributed by atoms with Gasteiger partial charge in [-0.05, 0) is 32.4 Å². The summed E-state index contributed by atoms with van der Waals surface area (Å²) in [6.07, 6.45) is 3.52. The summed E-state index contributed by atoms with van der Waals surface area (Å²) in [5.41, 5.74) is 0. The summed E-state index contributed by atoms with van der Waals surface area (Å²) < 4.78 is 10.6. The zero-order chi connectivity index (χ0) is 13.2. The van der Waals surface area contributed by atoms with E-state index in [4.69, 9.17) is 9.47 Å². The van der Waals surface area contributed by atoms with Crippen molar-refractivity contribution in [2.45, 2.75) is 32.2 Å². The van der Waals surface area contributed by atoms with Crippen molar-refractivity contribution in [2.24, 2.45) is 5.92 Å². The van der Waals surface area contributed by atoms with Crippen LogP contribution in [0.4, 0.5) is 0 Å². The maximum atomic E-state index is 5.62. The summed E-state index contributed by atoms with van der Waals surface area (Å²) in [5, 5.41) is 3.44. The van der Waals surface area contributed by atoms with Crippen molar-refractivity contribution < 1.29 is 9.47 Å². The van der Waals surface area contributed by atoms with E-state index in [1.807, 2.05) is 0 Å². The number of likely N-dealkylation sites (tertiary alicyclic amines) is 1. The average molecular weight is 258 g/mol. The third-order valence-electron chi connectivity index (χ3n) is 3.90. The van der Waals surface area contributed by atoms with Crippen molar-refractivity contribution in [1.29, 1.82) is 0 Å². The third kappa shape index (κ3) is 5.65. The maximum absolute atomic E-state index is 5.62. The average Bonchev–Trinajstić information content (AvgIpc) is 2.42. The van der Waals surface area contributed by atoms with E-state index in [-0.39, 0.29) is 0 Å². The smallest absolute Gasteiger partial charge is 0.0593 e. The van der Waals surface area contributed by atoms with Gasteiger partial charge >= 0.3 is 0 Å². The minimum absolute atomic E-state index is 0.703. The molecule has 0 saturated carbocycles. The van der Waals surface area contributed by atoms with Gasteiger partial charge in [0.05, 0.1) is 6.61 Å². The van der Waals surface area contributed by atoms with E-state index in [0.29, 0.717) is 6.04 Å². The molecule has 0 spiro atoms. The van der Waals surface area contributed by atoms with E-state index in [0.717, 1.165) is 38.7 Å². The van der Waals surface area contributed by atoms with Crippen LogP contribution >= 0.6 is 0 Å². The van der Waals surface area contributed by atoms with E-state index in [9.17, 15) is 0 Å². The van der Waals surface area contributed by atoms with Gasteiger partial charge in [0.15, 0.2) is 0 Å². The van der Waals surface area contributed by atoms with Gasteiger partial charge in [-0.2, -0.15) is 0 Å². The summed E-state index contributed by atoms with van der Waals surface area (Å²) >= 11 is 0. The quantitative estimate of drug-likeness (QED) is 0.633. The first kappa shape index (κ1) is 15.9. The molecule has 2 atom stereocenters. The molecule has 1 N–H and O–H groups in total. The standard InChI is InChI=1S/C14H30N2O2/c1-4-13-12-16(7-6-14(13)15-2)8-11-18-10-5-9-17-3/h13-15H,4-12H2,1-3H3. The SMILES string of the molecule is CCC1CN(CCOCCCOC)CCC1NC. The molecule has 0 aromatic heterocycles. The fourth-order valence-corrected chi connectivity index (χ4v) is 2.71. The van der Waals surface area contributed by atoms with Crippen LogP contribution in [0.2, 0.25) is 0 Å². The zero-order valence-electron chi connectivity index (χ0n) is 12.3. The second-order valence-corrected chi connectivity index (χ2v) is 5.11. The normalized spacial score (nSPS) is 25.5. The first-order chi connectivity index (χ1) is 8.81. The van der Waals surface area contributed by atoms with Gasteiger partial charge in [-0.1, -0.05) is 13.3 Å². The molecule has 1 aliphatic rings. The highest BCUT2D eigenvalue weighted by molar-refractivity contribution is 4.83. The molecule has 18 heavy (non-hydrogen) atoms. The first-order valence-corrected chi connectivity index (χ1v) is 7.28. The number of piperidine rings is 1. The van der Waals surface area contributed by atoms with Crippen LogP contribution < -0.4 is 5.32 Å². The molecule has 1 heterocycles. The van der Waals surface area contributed by atoms with Crippen molar-refractivity contribution in [3.63, 3.8) is 0 Å². The Bertz CT molecular complexity index is 202. The summed E-state index contributed by atoms with van der Waals surface area (Å²) in [4.78, 5) is 2.54. The highest BCUT2D eigenvalue weighted by Crippen LogP contribution is 2.19. The number of ether oxygens (including phenoxy) is 2. The molecule has 0 aromatic rings. The Morgan fingerprint density at radius 2 is 2.11 bits per heavy atom. The second-order valence-electron chi connectivity index (χ2n) is 5.11. The van der Waals surface area contributed by atoms with Crippen molar-refractivity contribution in [1.82, 2.24) is 10.2 Å². The molecule has 1 rings (SSSR count). The Morgan fingerprint density at radius 3 is 2.78 bits per heavy atom. The van der Waals surface area contributed by atoms with Crippen molar-refractivity contribution >= 4 is 0 Å². The molecular formula is C14H30N2O2. The fourth-order valence-electron chi connectivity index (χ4n) is 2.71. The molecule has 0 aromatic carbocycles. The molecule has 4 heteroatoms. The lowest BCUT2D eigenvalue weighted by Gasteiger charge is -2.38. The van der Waals surface area contributed by atoms with Gasteiger partial charge in [0.2, 0.25) is 0 Å². The van der Waals surface area contributed by atoms with Gasteiger partial charge in [-0.3, -0.25) is 0 Å². The van der Waals surface area contributed by atoms with Crippen molar-refractivity contribution in [3.05, 3.63) is 0 Å². The topological polar surface area (TPSA) is 33.7 Å². The Hall–Kier alpha value is -0.160. The molecule has 108 valence electrons. The second kappa shape index (κ2) is 9.73. The first-order valence-electron chi connectivity index (χ1n) is 7.28. The van der Waals surface area contributed by atoms with E-state index in [2.05, 4.69) is 24.2 Å². The van der Waals surface area contributed by atoms with Gasteiger partial charge in [-0.25, -0.2) is 0 Å². The fraction of sp³-hybridized carbons (Fsp3) is 1.00. The van der Waals surface area contributed by atoms with Crippen LogP contribution in [0.25, 0.3) is 0 Å². The largest absolute Gasteiger partial charge is 0.385 e. The Morgan fingerprint density at radius 1 is 1.28 bits per heavy atom. The van der Waals surface area contributed by atoms with E-state index in [1.165, 1.54) is 25.9 Å². The molecular weight excluding hydrogens is 228 g/mol. The van der Waals surface area contributed by atoms with Gasteiger partial charge < -0.3 is 19.7 Å². The molecule has 0 radical (unpaired) electrons. The van der Waals surface area contributed by atoms with Crippen molar-refractivity contribution in [2.75, 3.05) is 53.6 Å². The van der Waals surface area contributed by atoms with Gasteiger partial charge in [-0.15, -0.1) is 0 Å². The maximum Gasteiger partial charge on any atom is 0.0593 e. The van der Waals surface area contributed by atoms with Crippen LogP contribution in [0.15, 0.2) is 0 Å². The summed E-state index contributed by atoms with van der Waals surface area (Å²) in [6.45, 7) is 8.24. The summed E-state index contributed by atoms with van der Waals surface area (Å²) in [7, 11) is 3.82. The molecule has 0 aliphatic carbocycles. The van der Waals surface area contributed by atoms with E-state index in [1.54, 1.807) is 7.11 Å². The molecule has 1 aliphatic heterocycles. The summed E-state index contributed by atoms with van der Waals surface area (Å²) in [6, 6.07) is 0.703. The number of methoxy groups -OCH3 is 1. The Balaban J connectivity index is 2.08. The molecule has 1 fully saturated rings. The number of hydrogen-bond acceptors (Lipinski definition) is 4. The molecule has 0 amide bonds. The molecule has 0 bridgehead atoms. The van der Waals surface area contributed by atoms with Crippen LogP contribution in [0.1, 0.15) is 26.2 Å². The van der Waals surface area contributed by atoms with Crippen LogP contribution in [-0.4, -0.2) is 64.6 Å². The van der Waals surface area contributed by atoms with Crippen LogP contribution in [0.3, 0.4) is 0 Å². The predicted octanol–water partition coefficient (Wildman–Crippen LogP) is 1.36. The number of rotatable bonds is 9. The minimum Gasteiger partial charge on any atom is -0.385 e. The number of nitrogens with zero attached hydrogens (tertiary/aromatic N) is 1. The number of nitrogens with one attached hydrogen (secondary N) is 1. The zero-order valence-corrected chi connectivity index (χ0v) is 12.3. The molecule has 1 saturated heterocycles. The van der Waals surface area contributed by atoms with Crippen LogP contribution in [0, 0.1) is 5.92 Å². The monoisotopic (exact) mass is 258 g/mol. The molecule has 2 unspecified atom stereocenters. The van der Waals surface area contributed by atoms with Crippen LogP contribution in [-0.2, 0) is 9.47 Å². The third-order valence-corrected chi connectivity index (χ3v) is 3.90. The lowest BCUT2D eigenvalue weighted by Crippen LogP contribution is -2.48. The van der Waals surface area contributed by atoms with Gasteiger partial charge in [0.25, 0.3) is 0 Å². The van der Waals surface area contributed by atoms with Gasteiger partial charge in [0, 0.05) is 39.5 Å². The molecule has 4 nitrogen and oxygen atoms in total. The number of hydrogen-bond donors (Lipinski definition) is 1. The lowest BCUT2D eigenvalue weighted by molar-refractivity contribution is 0.0643. The van der Waals surface area contributed by atoms with E-state index >= 15 is 0 Å². The summed E-state index contributed by atoms with van der Waals surface area (Å²) in [5.74, 6) is 0.789.